The molecule has 0 saturated heterocycles. The molecule has 0 spiro atoms. The first-order valence-corrected chi connectivity index (χ1v) is 9.06. The van der Waals surface area contributed by atoms with Gasteiger partial charge in [-0.1, -0.05) is 23.2 Å². The molecule has 2 rings (SSSR count). The van der Waals surface area contributed by atoms with Crippen molar-refractivity contribution in [3.63, 3.8) is 0 Å². The van der Waals surface area contributed by atoms with Gasteiger partial charge >= 0.3 is 0 Å². The monoisotopic (exact) mass is 456 g/mol. The van der Waals surface area contributed by atoms with E-state index in [1.54, 1.807) is 25.1 Å². The molecule has 0 saturated carbocycles. The number of anilines is 2. The Balaban J connectivity index is 2.46. The highest BCUT2D eigenvalue weighted by Gasteiger charge is 2.19. The number of hydrogen-bond donors (Lipinski definition) is 2. The van der Waals surface area contributed by atoms with Gasteiger partial charge in [-0.2, -0.15) is 0 Å². The molecule has 0 fully saturated rings. The number of rotatable bonds is 3. The maximum Gasteiger partial charge on any atom is 0.262 e. The van der Waals surface area contributed by atoms with Gasteiger partial charge in [0, 0.05) is 8.59 Å². The van der Waals surface area contributed by atoms with Crippen LogP contribution < -0.4 is 10.5 Å². The van der Waals surface area contributed by atoms with Crippen molar-refractivity contribution >= 4 is 67.2 Å². The number of aryl methyl sites for hydroxylation is 1. The van der Waals surface area contributed by atoms with Crippen molar-refractivity contribution < 1.29 is 8.42 Å². The fourth-order valence-corrected chi connectivity index (χ4v) is 4.48. The SMILES string of the molecule is Cc1cc(Cl)c(N)cc1S(=O)(=O)Nc1ccc(Cl)cc1I. The second-order valence-electron chi connectivity index (χ2n) is 4.37. The van der Waals surface area contributed by atoms with Crippen molar-refractivity contribution in [2.45, 2.75) is 11.8 Å². The molecule has 0 heterocycles. The van der Waals surface area contributed by atoms with Gasteiger partial charge in [0.1, 0.15) is 0 Å². The molecular formula is C13H11Cl2IN2O2S. The van der Waals surface area contributed by atoms with E-state index in [1.807, 2.05) is 22.6 Å². The maximum absolute atomic E-state index is 12.5. The average Bonchev–Trinajstić information content (AvgIpc) is 2.37. The molecule has 0 atom stereocenters. The van der Waals surface area contributed by atoms with Crippen molar-refractivity contribution in [1.29, 1.82) is 0 Å². The third-order valence-electron chi connectivity index (χ3n) is 2.76. The predicted molar refractivity (Wildman–Crippen MR) is 95.6 cm³/mol. The van der Waals surface area contributed by atoms with Crippen molar-refractivity contribution in [2.75, 3.05) is 10.5 Å². The number of nitrogen functional groups attached to an aromatic ring is 1. The van der Waals surface area contributed by atoms with Gasteiger partial charge < -0.3 is 5.73 Å². The largest absolute Gasteiger partial charge is 0.397 e. The molecule has 0 bridgehead atoms. The minimum Gasteiger partial charge on any atom is -0.397 e. The Kier molecular flexibility index (Phi) is 4.92. The molecule has 0 aliphatic carbocycles. The van der Waals surface area contributed by atoms with E-state index in [9.17, 15) is 8.42 Å². The Morgan fingerprint density at radius 1 is 1.19 bits per heavy atom. The van der Waals surface area contributed by atoms with Gasteiger partial charge in [0.15, 0.2) is 0 Å². The molecule has 3 N–H and O–H groups in total. The summed E-state index contributed by atoms with van der Waals surface area (Å²) in [7, 11) is -3.76. The first kappa shape index (κ1) is 16.7. The summed E-state index contributed by atoms with van der Waals surface area (Å²) in [5, 5.41) is 0.863. The number of sulfonamides is 1. The molecule has 112 valence electrons. The topological polar surface area (TPSA) is 72.2 Å². The summed E-state index contributed by atoms with van der Waals surface area (Å²) in [5.41, 5.74) is 6.87. The van der Waals surface area contributed by atoms with Gasteiger partial charge in [0.25, 0.3) is 10.0 Å². The van der Waals surface area contributed by atoms with Crippen molar-refractivity contribution in [3.8, 4) is 0 Å². The number of nitrogens with two attached hydrogens (primary N) is 1. The van der Waals surface area contributed by atoms with Crippen molar-refractivity contribution in [1.82, 2.24) is 0 Å². The fourth-order valence-electron chi connectivity index (χ4n) is 1.73. The van der Waals surface area contributed by atoms with E-state index < -0.39 is 10.0 Å². The second-order valence-corrected chi connectivity index (χ2v) is 8.03. The molecule has 2 aromatic carbocycles. The summed E-state index contributed by atoms with van der Waals surface area (Å²) in [6.45, 7) is 1.66. The maximum atomic E-state index is 12.5. The van der Waals surface area contributed by atoms with Crippen LogP contribution in [-0.2, 0) is 10.0 Å². The Labute approximate surface area is 146 Å². The van der Waals surface area contributed by atoms with Gasteiger partial charge in [-0.15, -0.1) is 0 Å². The zero-order valence-electron chi connectivity index (χ0n) is 10.8. The average molecular weight is 457 g/mol. The minimum atomic E-state index is -3.76. The number of hydrogen-bond acceptors (Lipinski definition) is 3. The summed E-state index contributed by atoms with van der Waals surface area (Å²) in [4.78, 5) is 0.0927. The van der Waals surface area contributed by atoms with Gasteiger partial charge in [0.05, 0.1) is 21.3 Å². The van der Waals surface area contributed by atoms with E-state index in [2.05, 4.69) is 4.72 Å². The Morgan fingerprint density at radius 2 is 1.86 bits per heavy atom. The van der Waals surface area contributed by atoms with Crippen molar-refractivity contribution in [3.05, 3.63) is 49.5 Å². The highest BCUT2D eigenvalue weighted by atomic mass is 127. The smallest absolute Gasteiger partial charge is 0.262 e. The third kappa shape index (κ3) is 3.74. The second kappa shape index (κ2) is 6.20. The van der Waals surface area contributed by atoms with E-state index in [0.717, 1.165) is 0 Å². The molecule has 0 aliphatic rings. The fraction of sp³-hybridized carbons (Fsp3) is 0.0769. The first-order chi connectivity index (χ1) is 9.70. The van der Waals surface area contributed by atoms with Crippen molar-refractivity contribution in [2.24, 2.45) is 0 Å². The van der Waals surface area contributed by atoms with Crippen LogP contribution in [0.1, 0.15) is 5.56 Å². The normalized spacial score (nSPS) is 11.4. The highest BCUT2D eigenvalue weighted by Crippen LogP contribution is 2.29. The van der Waals surface area contributed by atoms with Gasteiger partial charge in [-0.3, -0.25) is 4.72 Å². The minimum absolute atomic E-state index is 0.0927. The lowest BCUT2D eigenvalue weighted by atomic mass is 10.2. The van der Waals surface area contributed by atoms with Crippen LogP contribution in [0.3, 0.4) is 0 Å². The lowest BCUT2D eigenvalue weighted by Crippen LogP contribution is -2.15. The molecule has 21 heavy (non-hydrogen) atoms. The number of nitrogens with one attached hydrogen (secondary N) is 1. The third-order valence-corrected chi connectivity index (χ3v) is 5.72. The summed E-state index contributed by atoms with van der Waals surface area (Å²) in [6.07, 6.45) is 0. The highest BCUT2D eigenvalue weighted by molar-refractivity contribution is 14.1. The lowest BCUT2D eigenvalue weighted by molar-refractivity contribution is 0.600. The standard InChI is InChI=1S/C13H11Cl2IN2O2S/c1-7-4-9(15)11(17)6-13(7)21(19,20)18-12-3-2-8(14)5-10(12)16/h2-6,18H,17H2,1H3. The number of benzene rings is 2. The Hall–Kier alpha value is -0.700. The molecule has 8 heteroatoms. The molecule has 0 radical (unpaired) electrons. The van der Waals surface area contributed by atoms with Crippen LogP contribution in [0.5, 0.6) is 0 Å². The molecule has 2 aromatic rings. The summed E-state index contributed by atoms with van der Waals surface area (Å²) >= 11 is 13.7. The van der Waals surface area contributed by atoms with E-state index in [-0.39, 0.29) is 10.6 Å². The van der Waals surface area contributed by atoms with E-state index in [0.29, 0.717) is 24.9 Å². The molecular weight excluding hydrogens is 446 g/mol. The van der Waals surface area contributed by atoms with E-state index in [4.69, 9.17) is 28.9 Å². The van der Waals surface area contributed by atoms with Crippen LogP contribution in [0.15, 0.2) is 35.2 Å². The zero-order valence-corrected chi connectivity index (χ0v) is 15.3. The lowest BCUT2D eigenvalue weighted by Gasteiger charge is -2.13. The molecule has 0 aromatic heterocycles. The molecule has 0 aliphatic heterocycles. The van der Waals surface area contributed by atoms with Crippen LogP contribution in [-0.4, -0.2) is 8.42 Å². The first-order valence-electron chi connectivity index (χ1n) is 5.74. The summed E-state index contributed by atoms with van der Waals surface area (Å²) in [6, 6.07) is 7.77. The van der Waals surface area contributed by atoms with Crippen LogP contribution in [0.25, 0.3) is 0 Å². The predicted octanol–water partition coefficient (Wildman–Crippen LogP) is 4.29. The van der Waals surface area contributed by atoms with Gasteiger partial charge in [-0.05, 0) is 65.4 Å². The molecule has 0 amide bonds. The summed E-state index contributed by atoms with van der Waals surface area (Å²) in [5.74, 6) is 0. The molecule has 0 unspecified atom stereocenters. The quantitative estimate of drug-likeness (QED) is 0.534. The number of halogens is 3. The van der Waals surface area contributed by atoms with Crippen LogP contribution in [0, 0.1) is 10.5 Å². The zero-order chi connectivity index (χ0) is 15.8. The van der Waals surface area contributed by atoms with Crippen LogP contribution >= 0.6 is 45.8 Å². The van der Waals surface area contributed by atoms with E-state index in [1.165, 1.54) is 12.1 Å². The Bertz CT molecular complexity index is 810. The van der Waals surface area contributed by atoms with Crippen LogP contribution in [0.2, 0.25) is 10.0 Å². The van der Waals surface area contributed by atoms with Crippen LogP contribution in [0.4, 0.5) is 11.4 Å². The summed E-state index contributed by atoms with van der Waals surface area (Å²) < 4.78 is 28.2. The van der Waals surface area contributed by atoms with Gasteiger partial charge in [0.2, 0.25) is 0 Å². The van der Waals surface area contributed by atoms with Gasteiger partial charge in [-0.25, -0.2) is 8.42 Å². The molecule has 4 nitrogen and oxygen atoms in total. The Morgan fingerprint density at radius 3 is 2.48 bits per heavy atom. The van der Waals surface area contributed by atoms with E-state index >= 15 is 0 Å².